The van der Waals surface area contributed by atoms with Crippen LogP contribution in [-0.2, 0) is 4.79 Å². The SMILES string of the molecule is COc1ccc(F)c(O/C(C)=C/C(=O)O)c1F. The van der Waals surface area contributed by atoms with Crippen LogP contribution in [0.25, 0.3) is 0 Å². The van der Waals surface area contributed by atoms with Gasteiger partial charge in [-0.2, -0.15) is 4.39 Å². The van der Waals surface area contributed by atoms with E-state index in [9.17, 15) is 13.6 Å². The molecule has 0 amide bonds. The van der Waals surface area contributed by atoms with E-state index in [1.165, 1.54) is 14.0 Å². The first-order chi connectivity index (χ1) is 7.95. The van der Waals surface area contributed by atoms with E-state index in [2.05, 4.69) is 4.74 Å². The predicted molar refractivity (Wildman–Crippen MR) is 54.9 cm³/mol. The molecule has 0 aliphatic heterocycles. The van der Waals surface area contributed by atoms with E-state index in [0.29, 0.717) is 6.08 Å². The fourth-order valence-electron chi connectivity index (χ4n) is 1.13. The van der Waals surface area contributed by atoms with Gasteiger partial charge < -0.3 is 14.6 Å². The number of benzene rings is 1. The van der Waals surface area contributed by atoms with E-state index in [1.807, 2.05) is 0 Å². The number of carboxylic acid groups (broad SMARTS) is 1. The lowest BCUT2D eigenvalue weighted by molar-refractivity contribution is -0.131. The van der Waals surface area contributed by atoms with Crippen molar-refractivity contribution in [2.75, 3.05) is 7.11 Å². The summed E-state index contributed by atoms with van der Waals surface area (Å²) in [5.74, 6) is -4.27. The third-order valence-electron chi connectivity index (χ3n) is 1.82. The fourth-order valence-corrected chi connectivity index (χ4v) is 1.13. The molecule has 1 aromatic carbocycles. The lowest BCUT2D eigenvalue weighted by Crippen LogP contribution is -2.01. The van der Waals surface area contributed by atoms with Crippen molar-refractivity contribution < 1.29 is 28.2 Å². The monoisotopic (exact) mass is 244 g/mol. The number of methoxy groups -OCH3 is 1. The molecular formula is C11H10F2O4. The molecule has 0 saturated carbocycles. The molecule has 0 bridgehead atoms. The highest BCUT2D eigenvalue weighted by Gasteiger charge is 2.16. The van der Waals surface area contributed by atoms with Crippen LogP contribution in [0.4, 0.5) is 8.78 Å². The summed E-state index contributed by atoms with van der Waals surface area (Å²) in [6, 6.07) is 2.07. The zero-order chi connectivity index (χ0) is 13.0. The lowest BCUT2D eigenvalue weighted by Gasteiger charge is -2.10. The minimum Gasteiger partial charge on any atom is -0.494 e. The average molecular weight is 244 g/mol. The minimum atomic E-state index is -1.27. The van der Waals surface area contributed by atoms with Crippen molar-refractivity contribution in [1.29, 1.82) is 0 Å². The Bertz CT molecular complexity index is 469. The van der Waals surface area contributed by atoms with Gasteiger partial charge in [-0.15, -0.1) is 0 Å². The number of halogens is 2. The summed E-state index contributed by atoms with van der Waals surface area (Å²) in [4.78, 5) is 10.3. The Morgan fingerprint density at radius 3 is 2.59 bits per heavy atom. The predicted octanol–water partition coefficient (Wildman–Crippen LogP) is 2.34. The Labute approximate surface area is 96.1 Å². The highest BCUT2D eigenvalue weighted by atomic mass is 19.1. The maximum Gasteiger partial charge on any atom is 0.331 e. The van der Waals surface area contributed by atoms with Crippen molar-refractivity contribution in [1.82, 2.24) is 0 Å². The van der Waals surface area contributed by atoms with Gasteiger partial charge in [-0.3, -0.25) is 0 Å². The van der Waals surface area contributed by atoms with E-state index >= 15 is 0 Å². The van der Waals surface area contributed by atoms with Crippen LogP contribution in [-0.4, -0.2) is 18.2 Å². The molecule has 0 aromatic heterocycles. The normalized spacial score (nSPS) is 11.2. The number of hydrogen-bond acceptors (Lipinski definition) is 3. The zero-order valence-electron chi connectivity index (χ0n) is 9.16. The highest BCUT2D eigenvalue weighted by molar-refractivity contribution is 5.80. The van der Waals surface area contributed by atoms with Gasteiger partial charge in [-0.05, 0) is 19.1 Å². The topological polar surface area (TPSA) is 55.8 Å². The molecule has 0 heterocycles. The largest absolute Gasteiger partial charge is 0.494 e. The van der Waals surface area contributed by atoms with Crippen molar-refractivity contribution in [2.24, 2.45) is 0 Å². The second-order valence-electron chi connectivity index (χ2n) is 3.09. The molecule has 17 heavy (non-hydrogen) atoms. The molecule has 1 N–H and O–H groups in total. The first-order valence-electron chi connectivity index (χ1n) is 4.56. The molecule has 92 valence electrons. The van der Waals surface area contributed by atoms with Crippen LogP contribution < -0.4 is 9.47 Å². The first kappa shape index (κ1) is 13.0. The van der Waals surface area contributed by atoms with E-state index in [1.54, 1.807) is 0 Å². The maximum atomic E-state index is 13.6. The van der Waals surface area contributed by atoms with Crippen LogP contribution in [0.15, 0.2) is 24.0 Å². The lowest BCUT2D eigenvalue weighted by atomic mass is 10.3. The molecule has 6 heteroatoms. The summed E-state index contributed by atoms with van der Waals surface area (Å²) >= 11 is 0. The van der Waals surface area contributed by atoms with Gasteiger partial charge in [0.2, 0.25) is 11.6 Å². The number of aliphatic carboxylic acids is 1. The molecule has 0 radical (unpaired) electrons. The van der Waals surface area contributed by atoms with Crippen LogP contribution in [0.1, 0.15) is 6.92 Å². The van der Waals surface area contributed by atoms with Gasteiger partial charge in [-0.1, -0.05) is 0 Å². The maximum absolute atomic E-state index is 13.6. The molecular weight excluding hydrogens is 234 g/mol. The van der Waals surface area contributed by atoms with Crippen LogP contribution in [0.3, 0.4) is 0 Å². The van der Waals surface area contributed by atoms with E-state index in [0.717, 1.165) is 12.1 Å². The number of hydrogen-bond donors (Lipinski definition) is 1. The third kappa shape index (κ3) is 3.17. The molecule has 1 aromatic rings. The molecule has 0 saturated heterocycles. The van der Waals surface area contributed by atoms with Gasteiger partial charge in [0, 0.05) is 0 Å². The number of carboxylic acids is 1. The standard InChI is InChI=1S/C11H10F2O4/c1-6(5-9(14)15)17-11-7(12)3-4-8(16-2)10(11)13/h3-5H,1-2H3,(H,14,15)/b6-5+. The van der Waals surface area contributed by atoms with Gasteiger partial charge in [-0.25, -0.2) is 9.18 Å². The Morgan fingerprint density at radius 2 is 2.06 bits per heavy atom. The molecule has 0 spiro atoms. The number of allylic oxidation sites excluding steroid dienone is 1. The average Bonchev–Trinajstić information content (AvgIpc) is 2.23. The Morgan fingerprint density at radius 1 is 1.41 bits per heavy atom. The van der Waals surface area contributed by atoms with E-state index in [4.69, 9.17) is 9.84 Å². The van der Waals surface area contributed by atoms with Crippen molar-refractivity contribution in [2.45, 2.75) is 6.92 Å². The summed E-state index contributed by atoms with van der Waals surface area (Å²) in [6.45, 7) is 1.27. The van der Waals surface area contributed by atoms with Crippen LogP contribution in [0.2, 0.25) is 0 Å². The number of ether oxygens (including phenoxy) is 2. The van der Waals surface area contributed by atoms with Gasteiger partial charge in [0.15, 0.2) is 11.6 Å². The summed E-state index contributed by atoms with van der Waals surface area (Å²) < 4.78 is 36.3. The van der Waals surface area contributed by atoms with Crippen molar-refractivity contribution in [3.05, 3.63) is 35.6 Å². The Balaban J connectivity index is 3.10. The summed E-state index contributed by atoms with van der Waals surface area (Å²) in [7, 11) is 1.22. The molecule has 0 fully saturated rings. The Kier molecular flexibility index (Phi) is 4.03. The van der Waals surface area contributed by atoms with Crippen LogP contribution >= 0.6 is 0 Å². The minimum absolute atomic E-state index is 0.149. The second kappa shape index (κ2) is 5.29. The van der Waals surface area contributed by atoms with Crippen LogP contribution in [0, 0.1) is 11.6 Å². The zero-order valence-corrected chi connectivity index (χ0v) is 9.16. The summed E-state index contributed by atoms with van der Waals surface area (Å²) in [6.07, 6.45) is 0.693. The van der Waals surface area contributed by atoms with Crippen molar-refractivity contribution in [3.63, 3.8) is 0 Å². The molecule has 1 rings (SSSR count). The van der Waals surface area contributed by atoms with Crippen molar-refractivity contribution in [3.8, 4) is 11.5 Å². The van der Waals surface area contributed by atoms with Gasteiger partial charge >= 0.3 is 5.97 Å². The highest BCUT2D eigenvalue weighted by Crippen LogP contribution is 2.30. The van der Waals surface area contributed by atoms with Gasteiger partial charge in [0.05, 0.1) is 13.2 Å². The number of rotatable bonds is 4. The number of carbonyl (C=O) groups is 1. The van der Waals surface area contributed by atoms with Gasteiger partial charge in [0.1, 0.15) is 5.76 Å². The molecule has 0 atom stereocenters. The van der Waals surface area contributed by atoms with E-state index in [-0.39, 0.29) is 11.5 Å². The smallest absolute Gasteiger partial charge is 0.331 e. The first-order valence-corrected chi connectivity index (χ1v) is 4.56. The quantitative estimate of drug-likeness (QED) is 0.652. The second-order valence-corrected chi connectivity index (χ2v) is 3.09. The van der Waals surface area contributed by atoms with Crippen LogP contribution in [0.5, 0.6) is 11.5 Å². The molecule has 4 nitrogen and oxygen atoms in total. The summed E-state index contributed by atoms with van der Waals surface area (Å²) in [5, 5.41) is 8.43. The summed E-state index contributed by atoms with van der Waals surface area (Å²) in [5.41, 5.74) is 0. The van der Waals surface area contributed by atoms with Crippen molar-refractivity contribution >= 4 is 5.97 Å². The molecule has 0 unspecified atom stereocenters. The van der Waals surface area contributed by atoms with Gasteiger partial charge in [0.25, 0.3) is 0 Å². The van der Waals surface area contributed by atoms with E-state index < -0.39 is 23.4 Å². The third-order valence-corrected chi connectivity index (χ3v) is 1.82. The molecule has 0 aliphatic rings. The fraction of sp³-hybridized carbons (Fsp3) is 0.182. The Hall–Kier alpha value is -2.11. The molecule has 0 aliphatic carbocycles.